The first-order chi connectivity index (χ1) is 18.4. The van der Waals surface area contributed by atoms with Gasteiger partial charge >= 0.3 is 0 Å². The highest BCUT2D eigenvalue weighted by Crippen LogP contribution is 2.46. The van der Waals surface area contributed by atoms with Crippen LogP contribution in [-0.2, 0) is 0 Å². The number of piperazine rings is 1. The normalized spacial score (nSPS) is 23.6. The van der Waals surface area contributed by atoms with Gasteiger partial charge in [0.2, 0.25) is 17.2 Å². The predicted octanol–water partition coefficient (Wildman–Crippen LogP) is 5.01. The average Bonchev–Trinajstić information content (AvgIpc) is 3.69. The van der Waals surface area contributed by atoms with Crippen molar-refractivity contribution in [1.82, 2.24) is 29.6 Å². The predicted molar refractivity (Wildman–Crippen MR) is 149 cm³/mol. The van der Waals surface area contributed by atoms with E-state index >= 15 is 4.39 Å². The molecule has 9 nitrogen and oxygen atoms in total. The third kappa shape index (κ3) is 4.17. The van der Waals surface area contributed by atoms with Gasteiger partial charge in [-0.25, -0.2) is 9.37 Å². The van der Waals surface area contributed by atoms with Crippen LogP contribution < -0.4 is 16.0 Å². The molecule has 3 fully saturated rings. The maximum atomic E-state index is 15.2. The number of halogens is 2. The fourth-order valence-corrected chi connectivity index (χ4v) is 7.72. The topological polar surface area (TPSA) is 101 Å². The van der Waals surface area contributed by atoms with E-state index in [9.17, 15) is 0 Å². The number of nitrogens with two attached hydrogens (primary N) is 1. The summed E-state index contributed by atoms with van der Waals surface area (Å²) < 4.78 is 17.5. The van der Waals surface area contributed by atoms with Crippen LogP contribution in [0.5, 0.6) is 0 Å². The van der Waals surface area contributed by atoms with Crippen LogP contribution in [0.25, 0.3) is 16.0 Å². The van der Waals surface area contributed by atoms with Crippen molar-refractivity contribution in [3.63, 3.8) is 0 Å². The molecule has 7 rings (SSSR count). The summed E-state index contributed by atoms with van der Waals surface area (Å²) in [5.41, 5.74) is 9.09. The molecule has 2 aliphatic carbocycles. The Balaban J connectivity index is 1.05. The third-order valence-electron chi connectivity index (χ3n) is 8.41. The number of thiophene rings is 1. The maximum absolute atomic E-state index is 15.2. The lowest BCUT2D eigenvalue weighted by Crippen LogP contribution is -2.52. The van der Waals surface area contributed by atoms with Crippen LogP contribution in [0, 0.1) is 24.6 Å². The van der Waals surface area contributed by atoms with Crippen LogP contribution >= 0.6 is 22.9 Å². The van der Waals surface area contributed by atoms with Gasteiger partial charge in [0.1, 0.15) is 5.82 Å². The van der Waals surface area contributed by atoms with Gasteiger partial charge in [-0.05, 0) is 78.8 Å². The zero-order valence-electron chi connectivity index (χ0n) is 21.1. The summed E-state index contributed by atoms with van der Waals surface area (Å²) in [6.45, 7) is 5.65. The number of nitrogens with zero attached hydrogens (tertiary/aromatic N) is 7. The molecule has 3 unspecified atom stereocenters. The molecule has 1 aliphatic heterocycles. The fourth-order valence-electron chi connectivity index (χ4n) is 6.59. The molecular weight excluding hydrogens is 525 g/mol. The molecule has 3 aliphatic rings. The minimum Gasteiger partial charge on any atom is -0.368 e. The quantitative estimate of drug-likeness (QED) is 0.333. The number of rotatable bonds is 5. The molecule has 198 valence electrons. The van der Waals surface area contributed by atoms with E-state index in [4.69, 9.17) is 17.3 Å². The summed E-state index contributed by atoms with van der Waals surface area (Å²) in [5, 5.41) is 9.62. The second-order valence-corrected chi connectivity index (χ2v) is 11.9. The number of nitrogens with one attached hydrogen (secondary N) is 1. The molecule has 4 heterocycles. The van der Waals surface area contributed by atoms with Gasteiger partial charge in [-0.15, -0.1) is 16.4 Å². The molecule has 0 radical (unpaired) electrons. The van der Waals surface area contributed by atoms with Crippen LogP contribution in [0.3, 0.4) is 0 Å². The molecule has 0 spiro atoms. The number of fused-ring (bicyclic) bond motifs is 3. The lowest BCUT2D eigenvalue weighted by molar-refractivity contribution is 0.134. The van der Waals surface area contributed by atoms with Crippen LogP contribution in [0.1, 0.15) is 31.2 Å². The van der Waals surface area contributed by atoms with E-state index in [2.05, 4.69) is 35.2 Å². The molecule has 0 amide bonds. The Hall–Kier alpha value is -3.02. The molecule has 38 heavy (non-hydrogen) atoms. The van der Waals surface area contributed by atoms with Gasteiger partial charge in [-0.1, -0.05) is 6.42 Å². The Bertz CT molecular complexity index is 1510. The monoisotopic (exact) mass is 553 g/mol. The Morgan fingerprint density at radius 3 is 2.68 bits per heavy atom. The lowest BCUT2D eigenvalue weighted by atomic mass is 9.93. The standard InChI is InChI=1S/C26H29ClFN9S/c1-14-13-38-22-21(14)31-24(27)32-23(22)37-25(29)33-26(34-37)30-17-4-5-19(18(28)12-17)35-6-8-36(9-7-35)20-11-15-2-3-16(20)10-15/h4-5,12-13,15-16,20H,2-3,6-11H2,1H3,(H3,29,30,33,34). The number of hydrogen-bond acceptors (Lipinski definition) is 9. The van der Waals surface area contributed by atoms with Gasteiger partial charge < -0.3 is 16.0 Å². The Kier molecular flexibility index (Phi) is 5.90. The number of benzene rings is 1. The highest BCUT2D eigenvalue weighted by Gasteiger charge is 2.42. The number of aromatic nitrogens is 5. The molecule has 3 N–H and O–H groups in total. The highest BCUT2D eigenvalue weighted by atomic mass is 35.5. The summed E-state index contributed by atoms with van der Waals surface area (Å²) in [6, 6.07) is 5.90. The molecule has 4 aromatic rings. The summed E-state index contributed by atoms with van der Waals surface area (Å²) >= 11 is 7.65. The second kappa shape index (κ2) is 9.32. The largest absolute Gasteiger partial charge is 0.368 e. The molecule has 1 aromatic carbocycles. The number of nitrogen functional groups attached to an aromatic ring is 1. The van der Waals surface area contributed by atoms with E-state index < -0.39 is 0 Å². The molecule has 2 bridgehead atoms. The third-order valence-corrected chi connectivity index (χ3v) is 9.66. The van der Waals surface area contributed by atoms with Gasteiger partial charge in [0.05, 0.1) is 15.9 Å². The summed E-state index contributed by atoms with van der Waals surface area (Å²) in [6.07, 6.45) is 5.58. The van der Waals surface area contributed by atoms with E-state index in [1.807, 2.05) is 24.4 Å². The summed E-state index contributed by atoms with van der Waals surface area (Å²) in [7, 11) is 0. The zero-order chi connectivity index (χ0) is 26.0. The van der Waals surface area contributed by atoms with Crippen molar-refractivity contribution < 1.29 is 4.39 Å². The van der Waals surface area contributed by atoms with Crippen molar-refractivity contribution >= 4 is 56.4 Å². The van der Waals surface area contributed by atoms with Crippen LogP contribution in [0.15, 0.2) is 23.6 Å². The van der Waals surface area contributed by atoms with Gasteiger partial charge in [0, 0.05) is 37.9 Å². The van der Waals surface area contributed by atoms with E-state index in [0.29, 0.717) is 17.2 Å². The van der Waals surface area contributed by atoms with Crippen LogP contribution in [0.4, 0.5) is 27.7 Å². The smallest absolute Gasteiger partial charge is 0.248 e. The van der Waals surface area contributed by atoms with E-state index in [-0.39, 0.29) is 23.0 Å². The number of hydrogen-bond donors (Lipinski definition) is 2. The van der Waals surface area contributed by atoms with Gasteiger partial charge in [-0.2, -0.15) is 14.6 Å². The number of anilines is 4. The Morgan fingerprint density at radius 1 is 1.11 bits per heavy atom. The molecular formula is C26H29ClFN9S. The zero-order valence-corrected chi connectivity index (χ0v) is 22.6. The SMILES string of the molecule is Cc1csc2c(-n3nc(Nc4ccc(N5CCN(C6CC7CCC6C7)CC5)c(F)c4)nc3N)nc(Cl)nc12. The molecule has 1 saturated heterocycles. The Morgan fingerprint density at radius 2 is 1.95 bits per heavy atom. The van der Waals surface area contributed by atoms with Crippen molar-refractivity contribution in [2.24, 2.45) is 11.8 Å². The summed E-state index contributed by atoms with van der Waals surface area (Å²) in [5.74, 6) is 2.39. The van der Waals surface area contributed by atoms with Crippen LogP contribution in [-0.4, -0.2) is 61.9 Å². The molecule has 3 atom stereocenters. The average molecular weight is 554 g/mol. The van der Waals surface area contributed by atoms with Crippen molar-refractivity contribution in [3.05, 3.63) is 40.2 Å². The lowest BCUT2D eigenvalue weighted by Gasteiger charge is -2.41. The van der Waals surface area contributed by atoms with Crippen molar-refractivity contribution in [2.45, 2.75) is 38.6 Å². The van der Waals surface area contributed by atoms with E-state index in [0.717, 1.165) is 59.8 Å². The van der Waals surface area contributed by atoms with Gasteiger partial charge in [0.15, 0.2) is 5.82 Å². The Labute approximate surface area is 228 Å². The first-order valence-electron chi connectivity index (χ1n) is 13.1. The fraction of sp³-hybridized carbons (Fsp3) is 0.462. The van der Waals surface area contributed by atoms with Crippen molar-refractivity contribution in [3.8, 4) is 5.82 Å². The molecule has 2 saturated carbocycles. The second-order valence-electron chi connectivity index (χ2n) is 10.7. The first-order valence-corrected chi connectivity index (χ1v) is 14.4. The van der Waals surface area contributed by atoms with Crippen molar-refractivity contribution in [1.29, 1.82) is 0 Å². The molecule has 12 heteroatoms. The minimum absolute atomic E-state index is 0.104. The highest BCUT2D eigenvalue weighted by molar-refractivity contribution is 7.17. The van der Waals surface area contributed by atoms with E-state index in [1.54, 1.807) is 0 Å². The summed E-state index contributed by atoms with van der Waals surface area (Å²) in [4.78, 5) is 17.8. The minimum atomic E-state index is -0.269. The van der Waals surface area contributed by atoms with Gasteiger partial charge in [0.25, 0.3) is 0 Å². The first kappa shape index (κ1) is 24.1. The van der Waals surface area contributed by atoms with Crippen LogP contribution in [0.2, 0.25) is 5.28 Å². The molecule has 3 aromatic heterocycles. The van der Waals surface area contributed by atoms with E-state index in [1.165, 1.54) is 47.8 Å². The maximum Gasteiger partial charge on any atom is 0.248 e. The van der Waals surface area contributed by atoms with Crippen molar-refractivity contribution in [2.75, 3.05) is 42.1 Å². The number of aryl methyl sites for hydroxylation is 1. The van der Waals surface area contributed by atoms with Gasteiger partial charge in [-0.3, -0.25) is 4.90 Å².